The molecule has 26 heavy (non-hydrogen) atoms. The summed E-state index contributed by atoms with van der Waals surface area (Å²) in [6, 6.07) is 15.4. The van der Waals surface area contributed by atoms with Crippen LogP contribution in [-0.4, -0.2) is 36.0 Å². The first kappa shape index (κ1) is 19.2. The number of hydrogen-bond acceptors (Lipinski definition) is 3. The predicted molar refractivity (Wildman–Crippen MR) is 99.4 cm³/mol. The highest BCUT2D eigenvalue weighted by atomic mass is 16.4. The van der Waals surface area contributed by atoms with Gasteiger partial charge in [-0.05, 0) is 43.7 Å². The number of carboxylic acid groups (broad SMARTS) is 1. The molecule has 2 N–H and O–H groups in total. The fourth-order valence-corrected chi connectivity index (χ4v) is 2.48. The average Bonchev–Trinajstić information content (AvgIpc) is 2.66. The molecule has 6 heteroatoms. The third-order valence-electron chi connectivity index (χ3n) is 3.99. The zero-order valence-corrected chi connectivity index (χ0v) is 14.8. The van der Waals surface area contributed by atoms with Gasteiger partial charge in [-0.3, -0.25) is 14.4 Å². The summed E-state index contributed by atoms with van der Waals surface area (Å²) in [5.41, 5.74) is 1.52. The Morgan fingerprint density at radius 3 is 2.35 bits per heavy atom. The molecule has 0 saturated heterocycles. The molecule has 136 valence electrons. The molecule has 2 rings (SSSR count). The second-order valence-corrected chi connectivity index (χ2v) is 6.09. The van der Waals surface area contributed by atoms with Gasteiger partial charge >= 0.3 is 5.97 Å². The minimum Gasteiger partial charge on any atom is -0.481 e. The highest BCUT2D eigenvalue weighted by Crippen LogP contribution is 2.16. The van der Waals surface area contributed by atoms with Crippen LogP contribution in [0.3, 0.4) is 0 Å². The summed E-state index contributed by atoms with van der Waals surface area (Å²) < 4.78 is 0. The Labute approximate surface area is 152 Å². The molecular formula is C20H22N2O4. The van der Waals surface area contributed by atoms with E-state index in [9.17, 15) is 14.4 Å². The molecule has 2 amide bonds. The summed E-state index contributed by atoms with van der Waals surface area (Å²) in [4.78, 5) is 37.1. The van der Waals surface area contributed by atoms with Crippen molar-refractivity contribution >= 4 is 23.5 Å². The van der Waals surface area contributed by atoms with E-state index >= 15 is 0 Å². The molecule has 0 fully saturated rings. The molecule has 2 aromatic rings. The SMILES string of the molecule is CC(CCC(=O)O)NC(=O)c1cccc(C(=O)N(C)c2ccccc2)c1. The van der Waals surface area contributed by atoms with Crippen molar-refractivity contribution in [2.24, 2.45) is 0 Å². The molecule has 0 aliphatic carbocycles. The highest BCUT2D eigenvalue weighted by molar-refractivity contribution is 6.07. The number of aliphatic carboxylic acids is 1. The Kier molecular flexibility index (Phi) is 6.49. The molecule has 2 aromatic carbocycles. The summed E-state index contributed by atoms with van der Waals surface area (Å²) >= 11 is 0. The zero-order valence-electron chi connectivity index (χ0n) is 14.8. The maximum atomic E-state index is 12.6. The van der Waals surface area contributed by atoms with E-state index in [0.29, 0.717) is 17.5 Å². The van der Waals surface area contributed by atoms with Gasteiger partial charge in [-0.2, -0.15) is 0 Å². The van der Waals surface area contributed by atoms with Crippen molar-refractivity contribution < 1.29 is 19.5 Å². The van der Waals surface area contributed by atoms with E-state index in [4.69, 9.17) is 5.11 Å². The molecular weight excluding hydrogens is 332 g/mol. The van der Waals surface area contributed by atoms with Gasteiger partial charge < -0.3 is 15.3 Å². The van der Waals surface area contributed by atoms with Gasteiger partial charge in [0, 0.05) is 36.3 Å². The van der Waals surface area contributed by atoms with Crippen LogP contribution in [0.5, 0.6) is 0 Å². The van der Waals surface area contributed by atoms with Gasteiger partial charge in [0.05, 0.1) is 0 Å². The fourth-order valence-electron chi connectivity index (χ4n) is 2.48. The van der Waals surface area contributed by atoms with E-state index in [1.165, 1.54) is 4.90 Å². The molecule has 0 aliphatic heterocycles. The van der Waals surface area contributed by atoms with Gasteiger partial charge in [-0.25, -0.2) is 0 Å². The third-order valence-corrected chi connectivity index (χ3v) is 3.99. The van der Waals surface area contributed by atoms with E-state index in [1.807, 2.05) is 30.3 Å². The van der Waals surface area contributed by atoms with Crippen molar-refractivity contribution in [3.05, 3.63) is 65.7 Å². The van der Waals surface area contributed by atoms with Crippen LogP contribution < -0.4 is 10.2 Å². The normalized spacial score (nSPS) is 11.5. The first-order valence-corrected chi connectivity index (χ1v) is 8.34. The van der Waals surface area contributed by atoms with Crippen LogP contribution in [-0.2, 0) is 4.79 Å². The molecule has 0 saturated carbocycles. The number of benzene rings is 2. The molecule has 0 aliphatic rings. The molecule has 0 bridgehead atoms. The monoisotopic (exact) mass is 354 g/mol. The Hall–Kier alpha value is -3.15. The van der Waals surface area contributed by atoms with E-state index in [-0.39, 0.29) is 24.3 Å². The van der Waals surface area contributed by atoms with Crippen molar-refractivity contribution in [1.29, 1.82) is 0 Å². The van der Waals surface area contributed by atoms with Gasteiger partial charge in [0.1, 0.15) is 0 Å². The first-order chi connectivity index (χ1) is 12.4. The summed E-state index contributed by atoms with van der Waals surface area (Å²) in [5, 5.41) is 11.5. The van der Waals surface area contributed by atoms with Crippen molar-refractivity contribution in [3.8, 4) is 0 Å². The minimum atomic E-state index is -0.900. The number of nitrogens with one attached hydrogen (secondary N) is 1. The van der Waals surface area contributed by atoms with Gasteiger partial charge in [0.2, 0.25) is 0 Å². The Morgan fingerprint density at radius 1 is 1.04 bits per heavy atom. The van der Waals surface area contributed by atoms with Crippen molar-refractivity contribution in [2.45, 2.75) is 25.8 Å². The van der Waals surface area contributed by atoms with E-state index in [2.05, 4.69) is 5.32 Å². The number of carbonyl (C=O) groups excluding carboxylic acids is 2. The van der Waals surface area contributed by atoms with Crippen molar-refractivity contribution in [2.75, 3.05) is 11.9 Å². The Balaban J connectivity index is 2.08. The number of amides is 2. The zero-order chi connectivity index (χ0) is 19.1. The lowest BCUT2D eigenvalue weighted by atomic mass is 10.1. The predicted octanol–water partition coefficient (Wildman–Crippen LogP) is 2.95. The summed E-state index contributed by atoms with van der Waals surface area (Å²) in [6.07, 6.45) is 0.332. The average molecular weight is 354 g/mol. The lowest BCUT2D eigenvalue weighted by molar-refractivity contribution is -0.137. The van der Waals surface area contributed by atoms with Crippen LogP contribution >= 0.6 is 0 Å². The minimum absolute atomic E-state index is 0.0121. The largest absolute Gasteiger partial charge is 0.481 e. The maximum absolute atomic E-state index is 12.6. The number of carbonyl (C=O) groups is 3. The number of anilines is 1. The van der Waals surface area contributed by atoms with Crippen LogP contribution in [0.25, 0.3) is 0 Å². The number of hydrogen-bond donors (Lipinski definition) is 2. The van der Waals surface area contributed by atoms with E-state index in [1.54, 1.807) is 38.2 Å². The smallest absolute Gasteiger partial charge is 0.303 e. The number of carboxylic acids is 1. The fraction of sp³-hybridized carbons (Fsp3) is 0.250. The maximum Gasteiger partial charge on any atom is 0.303 e. The molecule has 0 radical (unpaired) electrons. The van der Waals surface area contributed by atoms with Crippen molar-refractivity contribution in [3.63, 3.8) is 0 Å². The lowest BCUT2D eigenvalue weighted by Crippen LogP contribution is -2.33. The van der Waals surface area contributed by atoms with Crippen molar-refractivity contribution in [1.82, 2.24) is 5.32 Å². The topological polar surface area (TPSA) is 86.7 Å². The van der Waals surface area contributed by atoms with Gasteiger partial charge in [-0.15, -0.1) is 0 Å². The van der Waals surface area contributed by atoms with Crippen LogP contribution in [0.15, 0.2) is 54.6 Å². The van der Waals surface area contributed by atoms with Gasteiger partial charge in [-0.1, -0.05) is 24.3 Å². The molecule has 6 nitrogen and oxygen atoms in total. The summed E-state index contributed by atoms with van der Waals surface area (Å²) in [7, 11) is 1.68. The standard InChI is InChI=1S/C20H22N2O4/c1-14(11-12-18(23)24)21-19(25)15-7-6-8-16(13-15)20(26)22(2)17-9-4-3-5-10-17/h3-10,13-14H,11-12H2,1-2H3,(H,21,25)(H,23,24). The summed E-state index contributed by atoms with van der Waals surface area (Å²) in [5.74, 6) is -1.45. The highest BCUT2D eigenvalue weighted by Gasteiger charge is 2.16. The quantitative estimate of drug-likeness (QED) is 0.800. The number of rotatable bonds is 7. The van der Waals surface area contributed by atoms with Crippen LogP contribution in [0.4, 0.5) is 5.69 Å². The molecule has 0 spiro atoms. The molecule has 1 unspecified atom stereocenters. The molecule has 0 aromatic heterocycles. The summed E-state index contributed by atoms with van der Waals surface area (Å²) in [6.45, 7) is 1.75. The second-order valence-electron chi connectivity index (χ2n) is 6.09. The Bertz CT molecular complexity index is 789. The molecule has 0 heterocycles. The van der Waals surface area contributed by atoms with Crippen LogP contribution in [0.2, 0.25) is 0 Å². The van der Waals surface area contributed by atoms with Gasteiger partial charge in [0.25, 0.3) is 11.8 Å². The Morgan fingerprint density at radius 2 is 1.69 bits per heavy atom. The molecule has 1 atom stereocenters. The third kappa shape index (κ3) is 5.17. The van der Waals surface area contributed by atoms with Crippen LogP contribution in [0.1, 0.15) is 40.5 Å². The second kappa shape index (κ2) is 8.80. The lowest BCUT2D eigenvalue weighted by Gasteiger charge is -2.18. The van der Waals surface area contributed by atoms with E-state index < -0.39 is 5.97 Å². The first-order valence-electron chi connectivity index (χ1n) is 8.34. The number of para-hydroxylation sites is 1. The van der Waals surface area contributed by atoms with E-state index in [0.717, 1.165) is 5.69 Å². The van der Waals surface area contributed by atoms with Gasteiger partial charge in [0.15, 0.2) is 0 Å². The number of nitrogens with zero attached hydrogens (tertiary/aromatic N) is 1. The van der Waals surface area contributed by atoms with Crippen LogP contribution in [0, 0.1) is 0 Å².